The van der Waals surface area contributed by atoms with Crippen molar-refractivity contribution in [1.82, 2.24) is 25.2 Å². The SMILES string of the molecule is CN=C(NCCCc1nnc2ccccn12)NCc1cc2c(cc1OC(F)F)OCO2. The van der Waals surface area contributed by atoms with Crippen molar-refractivity contribution in [2.75, 3.05) is 20.4 Å². The Morgan fingerprint density at radius 1 is 1.23 bits per heavy atom. The predicted octanol–water partition coefficient (Wildman–Crippen LogP) is 2.36. The van der Waals surface area contributed by atoms with Gasteiger partial charge in [-0.3, -0.25) is 9.39 Å². The molecule has 1 aromatic carbocycles. The van der Waals surface area contributed by atoms with Crippen molar-refractivity contribution in [3.8, 4) is 17.2 Å². The molecule has 3 heterocycles. The molecule has 11 heteroatoms. The van der Waals surface area contributed by atoms with Gasteiger partial charge in [-0.25, -0.2) is 0 Å². The van der Waals surface area contributed by atoms with Crippen molar-refractivity contribution in [3.05, 3.63) is 47.9 Å². The van der Waals surface area contributed by atoms with Gasteiger partial charge < -0.3 is 24.8 Å². The number of halogens is 2. The molecule has 0 saturated carbocycles. The lowest BCUT2D eigenvalue weighted by molar-refractivity contribution is -0.0505. The maximum atomic E-state index is 12.8. The molecule has 0 saturated heterocycles. The van der Waals surface area contributed by atoms with Crippen molar-refractivity contribution >= 4 is 11.6 Å². The van der Waals surface area contributed by atoms with Crippen LogP contribution in [0.1, 0.15) is 17.8 Å². The summed E-state index contributed by atoms with van der Waals surface area (Å²) in [5, 5.41) is 14.6. The summed E-state index contributed by atoms with van der Waals surface area (Å²) >= 11 is 0. The first-order chi connectivity index (χ1) is 15.1. The van der Waals surface area contributed by atoms with Gasteiger partial charge in [0.15, 0.2) is 23.1 Å². The van der Waals surface area contributed by atoms with Crippen molar-refractivity contribution in [3.63, 3.8) is 0 Å². The molecule has 0 radical (unpaired) electrons. The van der Waals surface area contributed by atoms with Crippen LogP contribution in [0, 0.1) is 0 Å². The lowest BCUT2D eigenvalue weighted by atomic mass is 10.1. The number of pyridine rings is 1. The molecule has 3 aromatic rings. The Bertz CT molecular complexity index is 1070. The molecule has 0 fully saturated rings. The third kappa shape index (κ3) is 4.93. The van der Waals surface area contributed by atoms with Gasteiger partial charge in [0, 0.05) is 44.4 Å². The molecule has 0 spiro atoms. The fourth-order valence-corrected chi connectivity index (χ4v) is 3.22. The summed E-state index contributed by atoms with van der Waals surface area (Å²) in [7, 11) is 1.64. The number of nitrogens with one attached hydrogen (secondary N) is 2. The zero-order valence-electron chi connectivity index (χ0n) is 16.8. The van der Waals surface area contributed by atoms with Gasteiger partial charge in [-0.15, -0.1) is 10.2 Å². The predicted molar refractivity (Wildman–Crippen MR) is 109 cm³/mol. The van der Waals surface area contributed by atoms with Crippen LogP contribution in [0.25, 0.3) is 5.65 Å². The molecule has 2 N–H and O–H groups in total. The van der Waals surface area contributed by atoms with Crippen molar-refractivity contribution in [1.29, 1.82) is 0 Å². The van der Waals surface area contributed by atoms with E-state index in [2.05, 4.69) is 30.6 Å². The zero-order chi connectivity index (χ0) is 21.6. The molecule has 2 aromatic heterocycles. The van der Waals surface area contributed by atoms with E-state index in [0.717, 1.165) is 24.3 Å². The Hall–Kier alpha value is -3.63. The summed E-state index contributed by atoms with van der Waals surface area (Å²) in [6, 6.07) is 8.79. The second-order valence-electron chi connectivity index (χ2n) is 6.69. The van der Waals surface area contributed by atoms with Crippen molar-refractivity contribution in [2.24, 2.45) is 4.99 Å². The highest BCUT2D eigenvalue weighted by molar-refractivity contribution is 5.79. The fraction of sp³-hybridized carbons (Fsp3) is 0.350. The van der Waals surface area contributed by atoms with E-state index in [1.165, 1.54) is 6.07 Å². The quantitative estimate of drug-likeness (QED) is 0.321. The van der Waals surface area contributed by atoms with E-state index in [1.54, 1.807) is 13.1 Å². The Morgan fingerprint density at radius 3 is 2.87 bits per heavy atom. The smallest absolute Gasteiger partial charge is 0.387 e. The topological polar surface area (TPSA) is 94.3 Å². The monoisotopic (exact) mass is 432 g/mol. The summed E-state index contributed by atoms with van der Waals surface area (Å²) in [6.07, 6.45) is 3.48. The van der Waals surface area contributed by atoms with Gasteiger partial charge in [0.1, 0.15) is 11.6 Å². The lowest BCUT2D eigenvalue weighted by Crippen LogP contribution is -2.37. The summed E-state index contributed by atoms with van der Waals surface area (Å²) < 4.78 is 42.7. The van der Waals surface area contributed by atoms with Crippen LogP contribution in [-0.4, -0.2) is 47.6 Å². The van der Waals surface area contributed by atoms with Crippen LogP contribution in [0.15, 0.2) is 41.5 Å². The van der Waals surface area contributed by atoms with Gasteiger partial charge in [0.2, 0.25) is 6.79 Å². The van der Waals surface area contributed by atoms with Crippen LogP contribution >= 0.6 is 0 Å². The molecule has 9 nitrogen and oxygen atoms in total. The molecule has 1 aliphatic rings. The van der Waals surface area contributed by atoms with Crippen molar-refractivity contribution in [2.45, 2.75) is 26.0 Å². The molecular formula is C20H22F2N6O3. The third-order valence-electron chi connectivity index (χ3n) is 4.70. The zero-order valence-corrected chi connectivity index (χ0v) is 16.8. The van der Waals surface area contributed by atoms with Crippen LogP contribution in [-0.2, 0) is 13.0 Å². The second kappa shape index (κ2) is 9.45. The molecule has 1 aliphatic heterocycles. The van der Waals surface area contributed by atoms with E-state index in [-0.39, 0.29) is 19.1 Å². The minimum Gasteiger partial charge on any atom is -0.454 e. The van der Waals surface area contributed by atoms with Crippen molar-refractivity contribution < 1.29 is 23.0 Å². The van der Waals surface area contributed by atoms with Gasteiger partial charge in [0.25, 0.3) is 0 Å². The van der Waals surface area contributed by atoms with Crippen LogP contribution in [0.3, 0.4) is 0 Å². The number of ether oxygens (including phenoxy) is 3. The number of aryl methyl sites for hydroxylation is 1. The number of benzene rings is 1. The van der Waals surface area contributed by atoms with E-state index < -0.39 is 6.61 Å². The average molecular weight is 432 g/mol. The molecule has 164 valence electrons. The number of nitrogens with zero attached hydrogens (tertiary/aromatic N) is 4. The number of hydrogen-bond donors (Lipinski definition) is 2. The summed E-state index contributed by atoms with van der Waals surface area (Å²) in [4.78, 5) is 4.17. The second-order valence-corrected chi connectivity index (χ2v) is 6.69. The number of aliphatic imine (C=N–C) groups is 1. The van der Waals surface area contributed by atoms with Gasteiger partial charge in [-0.2, -0.15) is 8.78 Å². The summed E-state index contributed by atoms with van der Waals surface area (Å²) in [5.74, 6) is 2.31. The number of guanidine groups is 1. The molecule has 0 atom stereocenters. The minimum atomic E-state index is -2.94. The first kappa shape index (κ1) is 20.6. The van der Waals surface area contributed by atoms with E-state index in [1.807, 2.05) is 28.8 Å². The van der Waals surface area contributed by atoms with Gasteiger partial charge in [-0.1, -0.05) is 6.07 Å². The highest BCUT2D eigenvalue weighted by Gasteiger charge is 2.20. The normalized spacial score (nSPS) is 13.1. The van der Waals surface area contributed by atoms with Gasteiger partial charge >= 0.3 is 6.61 Å². The highest BCUT2D eigenvalue weighted by Crippen LogP contribution is 2.38. The average Bonchev–Trinajstić information content (AvgIpc) is 3.39. The summed E-state index contributed by atoms with van der Waals surface area (Å²) in [6.45, 7) is -2.04. The van der Waals surface area contributed by atoms with Crippen LogP contribution in [0.4, 0.5) is 8.78 Å². The standard InChI is InChI=1S/C20H22F2N6O3/c1-23-20(24-7-4-6-18-27-26-17-5-2-3-8-28(17)18)25-11-13-9-15-16(30-12-29-15)10-14(13)31-19(21)22/h2-3,5,8-10,19H,4,6-7,11-12H2,1H3,(H2,23,24,25). The Labute approximate surface area is 177 Å². The molecule has 0 unspecified atom stereocenters. The Morgan fingerprint density at radius 2 is 2.06 bits per heavy atom. The molecular weight excluding hydrogens is 410 g/mol. The number of rotatable bonds is 8. The largest absolute Gasteiger partial charge is 0.454 e. The van der Waals surface area contributed by atoms with E-state index in [4.69, 9.17) is 9.47 Å². The molecule has 0 aliphatic carbocycles. The number of hydrogen-bond acceptors (Lipinski definition) is 6. The first-order valence-corrected chi connectivity index (χ1v) is 9.74. The first-order valence-electron chi connectivity index (χ1n) is 9.74. The minimum absolute atomic E-state index is 0.0286. The number of aromatic nitrogens is 3. The maximum absolute atomic E-state index is 12.8. The van der Waals surface area contributed by atoms with Crippen LogP contribution in [0.5, 0.6) is 17.2 Å². The van der Waals surface area contributed by atoms with E-state index in [9.17, 15) is 8.78 Å². The molecule has 0 bridgehead atoms. The Kier molecular flexibility index (Phi) is 6.29. The fourth-order valence-electron chi connectivity index (χ4n) is 3.22. The van der Waals surface area contributed by atoms with E-state index >= 15 is 0 Å². The number of alkyl halides is 2. The van der Waals surface area contributed by atoms with Crippen LogP contribution < -0.4 is 24.8 Å². The highest BCUT2D eigenvalue weighted by atomic mass is 19.3. The molecule has 31 heavy (non-hydrogen) atoms. The molecule has 4 rings (SSSR count). The van der Waals surface area contributed by atoms with Gasteiger partial charge in [0.05, 0.1) is 0 Å². The number of fused-ring (bicyclic) bond motifs is 2. The van der Waals surface area contributed by atoms with Crippen LogP contribution in [0.2, 0.25) is 0 Å². The molecule has 0 amide bonds. The maximum Gasteiger partial charge on any atom is 0.387 e. The summed E-state index contributed by atoms with van der Waals surface area (Å²) in [5.41, 5.74) is 1.32. The third-order valence-corrected chi connectivity index (χ3v) is 4.70. The Balaban J connectivity index is 1.30. The van der Waals surface area contributed by atoms with E-state index in [0.29, 0.717) is 29.6 Å². The lowest BCUT2D eigenvalue weighted by Gasteiger charge is -2.15. The van der Waals surface area contributed by atoms with Gasteiger partial charge in [-0.05, 0) is 24.6 Å².